The molecule has 61 heavy (non-hydrogen) atoms. The van der Waals surface area contributed by atoms with Gasteiger partial charge in [-0.3, -0.25) is 0 Å². The first-order valence-electron chi connectivity index (χ1n) is 20.8. The van der Waals surface area contributed by atoms with Gasteiger partial charge in [0.1, 0.15) is 37.1 Å². The third-order valence-electron chi connectivity index (χ3n) is 11.5. The van der Waals surface area contributed by atoms with Gasteiger partial charge < -0.3 is 28.6 Å². The van der Waals surface area contributed by atoms with Crippen LogP contribution < -0.4 is 18.9 Å². The molecular formula is C37H59N9O12S3. The molecule has 0 N–H and O–H groups in total. The zero-order chi connectivity index (χ0) is 44.0. The van der Waals surface area contributed by atoms with E-state index >= 15 is 0 Å². The van der Waals surface area contributed by atoms with Crippen molar-refractivity contribution in [3.63, 3.8) is 0 Å². The van der Waals surface area contributed by atoms with Gasteiger partial charge in [0.05, 0.1) is 29.7 Å². The topological polar surface area (TPSA) is 233 Å². The van der Waals surface area contributed by atoms with Gasteiger partial charge in [0.15, 0.2) is 0 Å². The van der Waals surface area contributed by atoms with E-state index in [1.807, 2.05) is 6.92 Å². The molecule has 0 saturated carbocycles. The van der Waals surface area contributed by atoms with Crippen LogP contribution >= 0.6 is 0 Å². The summed E-state index contributed by atoms with van der Waals surface area (Å²) in [4.78, 5) is 30.8. The third-order valence-corrected chi connectivity index (χ3v) is 16.7. The minimum absolute atomic E-state index is 0.132. The molecule has 0 unspecified atom stereocenters. The van der Waals surface area contributed by atoms with Gasteiger partial charge in [0.25, 0.3) is 10.2 Å². The smallest absolute Gasteiger partial charge is 0.409 e. The van der Waals surface area contributed by atoms with Gasteiger partial charge in [0, 0.05) is 78.8 Å². The van der Waals surface area contributed by atoms with Crippen molar-refractivity contribution in [2.75, 3.05) is 84.6 Å². The summed E-state index contributed by atoms with van der Waals surface area (Å²) < 4.78 is 113. The molecule has 2 aromatic rings. The summed E-state index contributed by atoms with van der Waals surface area (Å²) in [6, 6.07) is 0. The fourth-order valence-corrected chi connectivity index (χ4v) is 11.6. The number of sulfonamides is 2. The summed E-state index contributed by atoms with van der Waals surface area (Å²) in [5.41, 5.74) is 1.23. The van der Waals surface area contributed by atoms with Gasteiger partial charge in [-0.25, -0.2) is 50.2 Å². The lowest BCUT2D eigenvalue weighted by molar-refractivity contribution is 0.0680. The highest BCUT2D eigenvalue weighted by Crippen LogP contribution is 2.30. The highest BCUT2D eigenvalue weighted by Gasteiger charge is 2.35. The van der Waals surface area contributed by atoms with Crippen LogP contribution in [0.1, 0.15) is 69.4 Å². The van der Waals surface area contributed by atoms with Crippen molar-refractivity contribution in [3.8, 4) is 23.5 Å². The maximum absolute atomic E-state index is 13.5. The quantitative estimate of drug-likeness (QED) is 0.233. The van der Waals surface area contributed by atoms with Gasteiger partial charge >= 0.3 is 6.09 Å². The molecule has 4 aliphatic heterocycles. The number of likely N-dealkylation sites (tertiary alicyclic amines) is 1. The predicted octanol–water partition coefficient (Wildman–Crippen LogP) is 1.58. The zero-order valence-corrected chi connectivity index (χ0v) is 38.0. The number of piperidine rings is 4. The van der Waals surface area contributed by atoms with Crippen LogP contribution in [0.3, 0.4) is 0 Å². The van der Waals surface area contributed by atoms with Crippen LogP contribution in [0.15, 0.2) is 12.7 Å². The second-order valence-corrected chi connectivity index (χ2v) is 21.9. The van der Waals surface area contributed by atoms with Crippen molar-refractivity contribution in [2.24, 2.45) is 0 Å². The van der Waals surface area contributed by atoms with Crippen molar-refractivity contribution in [3.05, 3.63) is 23.8 Å². The lowest BCUT2D eigenvalue weighted by Crippen LogP contribution is -2.49. The number of nitrogens with zero attached hydrogens (tertiary/aromatic N) is 9. The van der Waals surface area contributed by atoms with Crippen LogP contribution in [-0.4, -0.2) is 182 Å². The number of hydrogen-bond acceptors (Lipinski definition) is 16. The van der Waals surface area contributed by atoms with E-state index in [1.165, 1.54) is 38.9 Å². The number of ether oxygens (including phenoxy) is 5. The normalized spacial score (nSPS) is 20.5. The molecule has 0 spiro atoms. The number of carbonyl (C=O) groups is 1. The number of rotatable bonds is 16. The van der Waals surface area contributed by atoms with Gasteiger partial charge in [-0.05, 0) is 59.3 Å². The van der Waals surface area contributed by atoms with Crippen molar-refractivity contribution in [2.45, 2.75) is 96.6 Å². The Morgan fingerprint density at radius 2 is 0.984 bits per heavy atom. The summed E-state index contributed by atoms with van der Waals surface area (Å²) in [7, 11) is -9.59. The van der Waals surface area contributed by atoms with Crippen LogP contribution in [0.5, 0.6) is 23.5 Å². The molecule has 1 amide bonds. The van der Waals surface area contributed by atoms with Crippen LogP contribution in [0, 0.1) is 13.8 Å². The highest BCUT2D eigenvalue weighted by atomic mass is 32.2. The van der Waals surface area contributed by atoms with Gasteiger partial charge in [0.2, 0.25) is 43.6 Å². The van der Waals surface area contributed by atoms with Crippen molar-refractivity contribution in [1.82, 2.24) is 42.1 Å². The SMILES string of the molecule is CCOC(=O)N1CCC(Oc2ncnc(OC3CCN(S(=O)(=O)CCN(C)S(=O)(=O)N4CCC(Oc5ncnc(OC6CCN(S(C)(=O)=O)CC6)c5C)CC4)CC3)c2C)CC1. The average molecular weight is 918 g/mol. The minimum Gasteiger partial charge on any atom is -0.474 e. The molecule has 2 aromatic heterocycles. The number of hydrogen-bond donors (Lipinski definition) is 0. The fraction of sp³-hybridized carbons (Fsp3) is 0.757. The monoisotopic (exact) mass is 917 g/mol. The predicted molar refractivity (Wildman–Crippen MR) is 222 cm³/mol. The third kappa shape index (κ3) is 12.1. The molecule has 0 aromatic carbocycles. The molecule has 6 rings (SSSR count). The first kappa shape index (κ1) is 46.8. The highest BCUT2D eigenvalue weighted by molar-refractivity contribution is 7.89. The molecule has 0 aliphatic carbocycles. The van der Waals surface area contributed by atoms with E-state index in [0.717, 1.165) is 4.31 Å². The van der Waals surface area contributed by atoms with E-state index in [2.05, 4.69) is 19.9 Å². The Hall–Kier alpha value is -3.68. The molecule has 21 nitrogen and oxygen atoms in total. The Morgan fingerprint density at radius 1 is 0.623 bits per heavy atom. The second-order valence-electron chi connectivity index (χ2n) is 15.8. The molecule has 4 saturated heterocycles. The molecule has 24 heteroatoms. The van der Waals surface area contributed by atoms with Crippen LogP contribution in [0.4, 0.5) is 4.79 Å². The maximum Gasteiger partial charge on any atom is 0.409 e. The molecule has 6 heterocycles. The summed E-state index contributed by atoms with van der Waals surface area (Å²) in [6.07, 6.45) is 6.61. The van der Waals surface area contributed by atoms with Crippen molar-refractivity contribution >= 4 is 36.3 Å². The van der Waals surface area contributed by atoms with E-state index < -0.39 is 30.3 Å². The first-order chi connectivity index (χ1) is 28.9. The Bertz CT molecular complexity index is 2140. The molecule has 342 valence electrons. The molecule has 4 fully saturated rings. The van der Waals surface area contributed by atoms with Gasteiger partial charge in [-0.1, -0.05) is 0 Å². The van der Waals surface area contributed by atoms with E-state index in [9.17, 15) is 30.0 Å². The van der Waals surface area contributed by atoms with Crippen LogP contribution in [-0.2, 0) is 35.0 Å². The average Bonchev–Trinajstić information content (AvgIpc) is 3.23. The van der Waals surface area contributed by atoms with E-state index in [4.69, 9.17) is 23.7 Å². The summed E-state index contributed by atoms with van der Waals surface area (Å²) in [5.74, 6) is 1.09. The standard InChI is InChI=1S/C37H59N9O12S3/c1-6-54-37(47)43-15-7-29(8-16-43)55-33-27(2)35(40-25-38-33)57-31-11-19-45(20-12-31)60(50,51)24-23-42(4)61(52,53)46-21-13-32(14-22-46)58-36-28(3)34(39-26-41-36)56-30-9-17-44(18-10-30)59(5,48)49/h25-26,29-32H,6-24H2,1-5H3. The van der Waals surface area contributed by atoms with Crippen LogP contribution in [0.2, 0.25) is 0 Å². The van der Waals surface area contributed by atoms with Crippen molar-refractivity contribution < 1.29 is 53.7 Å². The largest absolute Gasteiger partial charge is 0.474 e. The maximum atomic E-state index is 13.5. The van der Waals surface area contributed by atoms with Crippen LogP contribution in [0.25, 0.3) is 0 Å². The number of aromatic nitrogens is 4. The van der Waals surface area contributed by atoms with E-state index in [1.54, 1.807) is 18.7 Å². The van der Waals surface area contributed by atoms with Crippen molar-refractivity contribution in [1.29, 1.82) is 0 Å². The summed E-state index contributed by atoms with van der Waals surface area (Å²) >= 11 is 0. The van der Waals surface area contributed by atoms with E-state index in [-0.39, 0.29) is 69.0 Å². The first-order valence-corrected chi connectivity index (χ1v) is 25.7. The summed E-state index contributed by atoms with van der Waals surface area (Å²) in [5, 5.41) is 0. The Labute approximate surface area is 359 Å². The lowest BCUT2D eigenvalue weighted by atomic mass is 10.1. The molecule has 0 radical (unpaired) electrons. The second kappa shape index (κ2) is 20.2. The van der Waals surface area contributed by atoms with E-state index in [0.29, 0.717) is 119 Å². The molecule has 0 atom stereocenters. The van der Waals surface area contributed by atoms with Gasteiger partial charge in [-0.15, -0.1) is 0 Å². The Kier molecular flexibility index (Phi) is 15.5. The fourth-order valence-electron chi connectivity index (χ4n) is 7.69. The minimum atomic E-state index is -3.95. The van der Waals surface area contributed by atoms with Gasteiger partial charge in [-0.2, -0.15) is 17.0 Å². The number of carbonyl (C=O) groups excluding carboxylic acids is 1. The molecule has 4 aliphatic rings. The Morgan fingerprint density at radius 3 is 1.36 bits per heavy atom. The summed E-state index contributed by atoms with van der Waals surface area (Å²) in [6.45, 7) is 8.05. The molecular weight excluding hydrogens is 859 g/mol. The molecule has 0 bridgehead atoms. The zero-order valence-electron chi connectivity index (χ0n) is 35.5. The lowest BCUT2D eigenvalue weighted by Gasteiger charge is -2.34. The number of amides is 1. The Balaban J connectivity index is 0.916.